The second-order valence-electron chi connectivity index (χ2n) is 5.55. The minimum atomic E-state index is -0.729. The van der Waals surface area contributed by atoms with Crippen LogP contribution in [0.2, 0.25) is 0 Å². The third kappa shape index (κ3) is 3.16. The molecule has 0 aliphatic carbocycles. The highest BCUT2D eigenvalue weighted by molar-refractivity contribution is 6.05. The van der Waals surface area contributed by atoms with E-state index in [0.717, 1.165) is 6.07 Å². The molecule has 7 heteroatoms. The van der Waals surface area contributed by atoms with Crippen molar-refractivity contribution in [3.63, 3.8) is 0 Å². The molecule has 3 rings (SSSR count). The van der Waals surface area contributed by atoms with Gasteiger partial charge in [0.15, 0.2) is 11.5 Å². The number of Topliss-reactive ketones (excluding diaryl/α,β-unsaturated/α-hetero) is 1. The van der Waals surface area contributed by atoms with Crippen molar-refractivity contribution in [2.24, 2.45) is 7.05 Å². The predicted octanol–water partition coefficient (Wildman–Crippen LogP) is 2.53. The van der Waals surface area contributed by atoms with Gasteiger partial charge in [-0.25, -0.2) is 4.39 Å². The topological polar surface area (TPSA) is 81.1 Å². The van der Waals surface area contributed by atoms with Gasteiger partial charge in [-0.2, -0.15) is 5.10 Å². The van der Waals surface area contributed by atoms with Gasteiger partial charge in [0.1, 0.15) is 5.82 Å². The largest absolute Gasteiger partial charge is 0.320 e. The summed E-state index contributed by atoms with van der Waals surface area (Å²) in [5, 5.41) is 6.60. The first kappa shape index (κ1) is 16.5. The number of nitrogens with one attached hydrogen (secondary N) is 1. The maximum absolute atomic E-state index is 13.4. The molecule has 126 valence electrons. The van der Waals surface area contributed by atoms with Crippen LogP contribution in [0, 0.1) is 5.82 Å². The number of carbonyl (C=O) groups is 2. The minimum Gasteiger partial charge on any atom is -0.320 e. The number of anilines is 1. The fourth-order valence-corrected chi connectivity index (χ4v) is 2.50. The lowest BCUT2D eigenvalue weighted by Crippen LogP contribution is -2.26. The lowest BCUT2D eigenvalue weighted by atomic mass is 10.1. The Balaban J connectivity index is 2.03. The van der Waals surface area contributed by atoms with Crippen molar-refractivity contribution >= 4 is 28.3 Å². The number of halogens is 1. The van der Waals surface area contributed by atoms with Gasteiger partial charge in [-0.3, -0.25) is 19.1 Å². The number of carbonyl (C=O) groups excluding carboxylic acids is 2. The highest BCUT2D eigenvalue weighted by Crippen LogP contribution is 2.14. The first-order valence-corrected chi connectivity index (χ1v) is 7.46. The van der Waals surface area contributed by atoms with E-state index in [1.54, 1.807) is 25.2 Å². The van der Waals surface area contributed by atoms with Crippen molar-refractivity contribution in [2.45, 2.75) is 6.92 Å². The van der Waals surface area contributed by atoms with Crippen LogP contribution in [0.15, 0.2) is 47.3 Å². The van der Waals surface area contributed by atoms with Crippen molar-refractivity contribution in [3.8, 4) is 0 Å². The van der Waals surface area contributed by atoms with E-state index in [0.29, 0.717) is 16.8 Å². The van der Waals surface area contributed by atoms with Crippen molar-refractivity contribution in [2.75, 3.05) is 5.32 Å². The van der Waals surface area contributed by atoms with Gasteiger partial charge in [0.2, 0.25) is 5.43 Å². The van der Waals surface area contributed by atoms with Crippen LogP contribution in [0.5, 0.6) is 0 Å². The molecule has 0 spiro atoms. The molecule has 1 heterocycles. The number of ketones is 1. The SMILES string of the molecule is CC(=O)c1cccc(NC(=O)c2nn(C)c3ccc(F)cc3c2=O)c1. The number of aromatic nitrogens is 2. The zero-order chi connectivity index (χ0) is 18.1. The van der Waals surface area contributed by atoms with Crippen LogP contribution in [-0.2, 0) is 7.05 Å². The van der Waals surface area contributed by atoms with Crippen LogP contribution in [0.4, 0.5) is 10.1 Å². The summed E-state index contributed by atoms with van der Waals surface area (Å²) < 4.78 is 14.8. The summed E-state index contributed by atoms with van der Waals surface area (Å²) in [6.07, 6.45) is 0. The molecule has 0 unspecified atom stereocenters. The standard InChI is InChI=1S/C18H14FN3O3/c1-10(23)11-4-3-5-13(8-11)20-18(25)16-17(24)14-9-12(19)6-7-15(14)22(2)21-16/h3-9H,1-2H3,(H,20,25). The number of nitrogens with zero attached hydrogens (tertiary/aromatic N) is 2. The van der Waals surface area contributed by atoms with Crippen LogP contribution in [-0.4, -0.2) is 21.5 Å². The molecule has 2 aromatic carbocycles. The summed E-state index contributed by atoms with van der Waals surface area (Å²) in [4.78, 5) is 36.3. The van der Waals surface area contributed by atoms with E-state index in [4.69, 9.17) is 0 Å². The monoisotopic (exact) mass is 339 g/mol. The quantitative estimate of drug-likeness (QED) is 0.744. The fraction of sp³-hybridized carbons (Fsp3) is 0.111. The van der Waals surface area contributed by atoms with Crippen LogP contribution in [0.1, 0.15) is 27.8 Å². The molecule has 0 saturated carbocycles. The minimum absolute atomic E-state index is 0.0696. The van der Waals surface area contributed by atoms with Gasteiger partial charge in [0.05, 0.1) is 10.9 Å². The number of amides is 1. The molecule has 1 aromatic heterocycles. The fourth-order valence-electron chi connectivity index (χ4n) is 2.50. The zero-order valence-corrected chi connectivity index (χ0v) is 13.5. The van der Waals surface area contributed by atoms with E-state index in [9.17, 15) is 18.8 Å². The molecule has 25 heavy (non-hydrogen) atoms. The van der Waals surface area contributed by atoms with Gasteiger partial charge in [-0.15, -0.1) is 0 Å². The number of hydrogen-bond donors (Lipinski definition) is 1. The van der Waals surface area contributed by atoms with Crippen molar-refractivity contribution in [3.05, 3.63) is 69.8 Å². The highest BCUT2D eigenvalue weighted by Gasteiger charge is 2.17. The van der Waals surface area contributed by atoms with Gasteiger partial charge in [0.25, 0.3) is 5.91 Å². The third-order valence-electron chi connectivity index (χ3n) is 3.76. The number of fused-ring (bicyclic) bond motifs is 1. The molecular weight excluding hydrogens is 325 g/mol. The highest BCUT2D eigenvalue weighted by atomic mass is 19.1. The lowest BCUT2D eigenvalue weighted by molar-refractivity contribution is 0.100. The Morgan fingerprint density at radius 3 is 2.64 bits per heavy atom. The Kier molecular flexibility index (Phi) is 4.14. The molecule has 6 nitrogen and oxygen atoms in total. The van der Waals surface area contributed by atoms with E-state index < -0.39 is 17.2 Å². The second kappa shape index (κ2) is 6.27. The van der Waals surface area contributed by atoms with E-state index in [1.165, 1.54) is 29.8 Å². The molecule has 0 bridgehead atoms. The summed E-state index contributed by atoms with van der Waals surface area (Å²) in [7, 11) is 1.56. The van der Waals surface area contributed by atoms with Gasteiger partial charge < -0.3 is 5.32 Å². The molecule has 0 atom stereocenters. The Bertz CT molecular complexity index is 1070. The van der Waals surface area contributed by atoms with E-state index in [-0.39, 0.29) is 16.9 Å². The summed E-state index contributed by atoms with van der Waals surface area (Å²) in [6, 6.07) is 10.1. The summed E-state index contributed by atoms with van der Waals surface area (Å²) in [5.74, 6) is -1.45. The number of aryl methyl sites for hydroxylation is 1. The second-order valence-corrected chi connectivity index (χ2v) is 5.55. The summed E-state index contributed by atoms with van der Waals surface area (Å²) >= 11 is 0. The Morgan fingerprint density at radius 2 is 1.92 bits per heavy atom. The number of hydrogen-bond acceptors (Lipinski definition) is 4. The number of benzene rings is 2. The van der Waals surface area contributed by atoms with E-state index >= 15 is 0 Å². The van der Waals surface area contributed by atoms with Crippen LogP contribution >= 0.6 is 0 Å². The van der Waals surface area contributed by atoms with Gasteiger partial charge in [0, 0.05) is 18.3 Å². The van der Waals surface area contributed by atoms with Crippen LogP contribution in [0.3, 0.4) is 0 Å². The molecule has 0 saturated heterocycles. The average molecular weight is 339 g/mol. The molecule has 1 N–H and O–H groups in total. The molecule has 0 aliphatic rings. The zero-order valence-electron chi connectivity index (χ0n) is 13.5. The van der Waals surface area contributed by atoms with E-state index in [2.05, 4.69) is 10.4 Å². The van der Waals surface area contributed by atoms with Crippen molar-refractivity contribution < 1.29 is 14.0 Å². The average Bonchev–Trinajstić information content (AvgIpc) is 2.58. The molecule has 0 aliphatic heterocycles. The van der Waals surface area contributed by atoms with Crippen LogP contribution in [0.25, 0.3) is 10.9 Å². The van der Waals surface area contributed by atoms with Crippen LogP contribution < -0.4 is 10.7 Å². The number of rotatable bonds is 3. The smallest absolute Gasteiger partial charge is 0.280 e. The molecule has 1 amide bonds. The summed E-state index contributed by atoms with van der Waals surface area (Å²) in [5.41, 5.74) is 0.198. The summed E-state index contributed by atoms with van der Waals surface area (Å²) in [6.45, 7) is 1.41. The van der Waals surface area contributed by atoms with Crippen molar-refractivity contribution in [1.82, 2.24) is 9.78 Å². The van der Waals surface area contributed by atoms with Gasteiger partial charge >= 0.3 is 0 Å². The Morgan fingerprint density at radius 1 is 1.16 bits per heavy atom. The predicted molar refractivity (Wildman–Crippen MR) is 91.3 cm³/mol. The maximum Gasteiger partial charge on any atom is 0.280 e. The Hall–Kier alpha value is -3.35. The molecular formula is C18H14FN3O3. The first-order chi connectivity index (χ1) is 11.9. The van der Waals surface area contributed by atoms with Crippen molar-refractivity contribution in [1.29, 1.82) is 0 Å². The molecule has 3 aromatic rings. The van der Waals surface area contributed by atoms with E-state index in [1.807, 2.05) is 0 Å². The first-order valence-electron chi connectivity index (χ1n) is 7.46. The Labute approximate surface area is 141 Å². The van der Waals surface area contributed by atoms with Gasteiger partial charge in [-0.05, 0) is 37.3 Å². The molecule has 0 fully saturated rings. The lowest BCUT2D eigenvalue weighted by Gasteiger charge is -2.09. The normalized spacial score (nSPS) is 10.7. The van der Waals surface area contributed by atoms with Gasteiger partial charge in [-0.1, -0.05) is 12.1 Å². The third-order valence-corrected chi connectivity index (χ3v) is 3.76. The maximum atomic E-state index is 13.4. The molecule has 0 radical (unpaired) electrons.